The van der Waals surface area contributed by atoms with Crippen LogP contribution in [0.4, 0.5) is 0 Å². The molecule has 0 unspecified atom stereocenters. The number of rotatable bonds is 6. The van der Waals surface area contributed by atoms with Gasteiger partial charge in [0, 0.05) is 18.7 Å². The van der Waals surface area contributed by atoms with Crippen molar-refractivity contribution in [3.05, 3.63) is 54.1 Å². The number of aliphatic carboxylic acids is 2. The van der Waals surface area contributed by atoms with Gasteiger partial charge < -0.3 is 19.8 Å². The van der Waals surface area contributed by atoms with Crippen molar-refractivity contribution in [1.82, 2.24) is 4.90 Å². The van der Waals surface area contributed by atoms with E-state index >= 15 is 0 Å². The zero-order chi connectivity index (χ0) is 18.9. The Morgan fingerprint density at radius 1 is 1.12 bits per heavy atom. The maximum Gasteiger partial charge on any atom is 0.328 e. The van der Waals surface area contributed by atoms with E-state index < -0.39 is 11.9 Å². The lowest BCUT2D eigenvalue weighted by molar-refractivity contribution is -0.134. The summed E-state index contributed by atoms with van der Waals surface area (Å²) < 4.78 is 5.28. The van der Waals surface area contributed by atoms with Gasteiger partial charge >= 0.3 is 11.9 Å². The van der Waals surface area contributed by atoms with Crippen molar-refractivity contribution in [3.63, 3.8) is 0 Å². The molecule has 26 heavy (non-hydrogen) atoms. The van der Waals surface area contributed by atoms with Crippen LogP contribution in [0.3, 0.4) is 0 Å². The van der Waals surface area contributed by atoms with Crippen LogP contribution in [0.25, 0.3) is 10.8 Å². The molecule has 3 rings (SSSR count). The lowest BCUT2D eigenvalue weighted by Gasteiger charge is -2.30. The van der Waals surface area contributed by atoms with Crippen molar-refractivity contribution in [2.45, 2.75) is 12.8 Å². The zero-order valence-corrected chi connectivity index (χ0v) is 14.7. The summed E-state index contributed by atoms with van der Waals surface area (Å²) in [6, 6.07) is 12.9. The van der Waals surface area contributed by atoms with Crippen LogP contribution in [0.2, 0.25) is 0 Å². The highest BCUT2D eigenvalue weighted by Gasteiger charge is 2.13. The van der Waals surface area contributed by atoms with Gasteiger partial charge in [-0.2, -0.15) is 0 Å². The molecule has 2 aromatic carbocycles. The summed E-state index contributed by atoms with van der Waals surface area (Å²) in [5.74, 6) is -1.58. The highest BCUT2D eigenvalue weighted by Crippen LogP contribution is 2.24. The van der Waals surface area contributed by atoms with Crippen LogP contribution in [0.5, 0.6) is 5.75 Å². The minimum absolute atomic E-state index is 0.558. The molecule has 0 bridgehead atoms. The summed E-state index contributed by atoms with van der Waals surface area (Å²) in [5.41, 5.74) is 1.45. The van der Waals surface area contributed by atoms with Gasteiger partial charge in [-0.25, -0.2) is 9.59 Å². The average molecular weight is 357 g/mol. The van der Waals surface area contributed by atoms with Crippen LogP contribution in [0.15, 0.2) is 48.6 Å². The molecule has 1 aliphatic rings. The van der Waals surface area contributed by atoms with Crippen molar-refractivity contribution >= 4 is 22.7 Å². The fourth-order valence-corrected chi connectivity index (χ4v) is 2.70. The maximum atomic E-state index is 9.55. The lowest BCUT2D eigenvalue weighted by Crippen LogP contribution is -2.38. The second kappa shape index (κ2) is 9.58. The van der Waals surface area contributed by atoms with E-state index in [2.05, 4.69) is 41.3 Å². The van der Waals surface area contributed by atoms with Gasteiger partial charge in [-0.1, -0.05) is 24.3 Å². The van der Waals surface area contributed by atoms with Crippen LogP contribution < -0.4 is 4.74 Å². The van der Waals surface area contributed by atoms with Crippen molar-refractivity contribution in [2.75, 3.05) is 26.7 Å². The largest absolute Gasteiger partial charge is 0.497 e. The summed E-state index contributed by atoms with van der Waals surface area (Å²) >= 11 is 0. The standard InChI is InChI=1S/C16H19NO.C4H4O4/c1-18-15-6-7-16-13(4-2-5-14(16)12-15)8-11-17-9-3-10-17;5-3(6)1-2-4(7)8/h2,4-7,12H,3,8-11H2,1H3;1-2H,(H,5,6)(H,7,8)/b;2-1+. The topological polar surface area (TPSA) is 87.1 Å². The monoisotopic (exact) mass is 357 g/mol. The van der Waals surface area contributed by atoms with E-state index in [4.69, 9.17) is 14.9 Å². The molecule has 6 nitrogen and oxygen atoms in total. The van der Waals surface area contributed by atoms with Crippen LogP contribution in [0.1, 0.15) is 12.0 Å². The minimum atomic E-state index is -1.26. The predicted octanol–water partition coefficient (Wildman–Crippen LogP) is 2.81. The Kier molecular flexibility index (Phi) is 7.17. The number of methoxy groups -OCH3 is 1. The third-order valence-corrected chi connectivity index (χ3v) is 4.19. The second-order valence-corrected chi connectivity index (χ2v) is 5.96. The smallest absolute Gasteiger partial charge is 0.328 e. The molecule has 0 saturated carbocycles. The lowest BCUT2D eigenvalue weighted by atomic mass is 10.0. The predicted molar refractivity (Wildman–Crippen MR) is 99.7 cm³/mol. The number of benzene rings is 2. The molecule has 1 aliphatic heterocycles. The van der Waals surface area contributed by atoms with Crippen molar-refractivity contribution in [3.8, 4) is 5.75 Å². The van der Waals surface area contributed by atoms with Gasteiger partial charge in [0.15, 0.2) is 0 Å². The highest BCUT2D eigenvalue weighted by atomic mass is 16.5. The fourth-order valence-electron chi connectivity index (χ4n) is 2.70. The molecule has 1 saturated heterocycles. The third kappa shape index (κ3) is 5.89. The van der Waals surface area contributed by atoms with E-state index in [0.717, 1.165) is 12.2 Å². The van der Waals surface area contributed by atoms with E-state index in [1.807, 2.05) is 0 Å². The Balaban J connectivity index is 0.000000260. The molecule has 1 heterocycles. The summed E-state index contributed by atoms with van der Waals surface area (Å²) in [6.45, 7) is 3.74. The summed E-state index contributed by atoms with van der Waals surface area (Å²) in [7, 11) is 1.72. The van der Waals surface area contributed by atoms with E-state index in [1.165, 1.54) is 42.4 Å². The molecule has 0 atom stereocenters. The van der Waals surface area contributed by atoms with Gasteiger partial charge in [0.2, 0.25) is 0 Å². The summed E-state index contributed by atoms with van der Waals surface area (Å²) in [5, 5.41) is 18.3. The summed E-state index contributed by atoms with van der Waals surface area (Å²) in [6.07, 6.45) is 3.63. The highest BCUT2D eigenvalue weighted by molar-refractivity contribution is 5.89. The first-order chi connectivity index (χ1) is 12.5. The number of fused-ring (bicyclic) bond motifs is 1. The van der Waals surface area contributed by atoms with E-state index in [1.54, 1.807) is 7.11 Å². The normalized spacial score (nSPS) is 13.7. The molecule has 0 spiro atoms. The number of nitrogens with zero attached hydrogens (tertiary/aromatic N) is 1. The molecule has 6 heteroatoms. The first kappa shape index (κ1) is 19.5. The number of carboxylic acid groups (broad SMARTS) is 2. The van der Waals surface area contributed by atoms with Crippen molar-refractivity contribution < 1.29 is 24.5 Å². The van der Waals surface area contributed by atoms with Crippen LogP contribution >= 0.6 is 0 Å². The second-order valence-electron chi connectivity index (χ2n) is 5.96. The van der Waals surface area contributed by atoms with Crippen molar-refractivity contribution in [2.24, 2.45) is 0 Å². The molecule has 0 amide bonds. The molecule has 0 aromatic heterocycles. The van der Waals surface area contributed by atoms with E-state index in [-0.39, 0.29) is 0 Å². The maximum absolute atomic E-state index is 9.55. The van der Waals surface area contributed by atoms with Gasteiger partial charge in [-0.3, -0.25) is 0 Å². The number of ether oxygens (including phenoxy) is 1. The molecule has 2 N–H and O–H groups in total. The van der Waals surface area contributed by atoms with Crippen LogP contribution in [0, 0.1) is 0 Å². The molecular weight excluding hydrogens is 334 g/mol. The van der Waals surface area contributed by atoms with Gasteiger partial charge in [0.1, 0.15) is 5.75 Å². The first-order valence-electron chi connectivity index (χ1n) is 8.41. The SMILES string of the molecule is COc1ccc2c(CCN3CCC3)cccc2c1.O=C(O)/C=C/C(=O)O. The van der Waals surface area contributed by atoms with Gasteiger partial charge in [-0.05, 0) is 54.4 Å². The molecule has 0 radical (unpaired) electrons. The van der Waals surface area contributed by atoms with Gasteiger partial charge in [0.05, 0.1) is 7.11 Å². The number of hydrogen-bond acceptors (Lipinski definition) is 4. The molecule has 0 aliphatic carbocycles. The molecular formula is C20H23NO5. The third-order valence-electron chi connectivity index (χ3n) is 4.19. The number of likely N-dealkylation sites (tertiary alicyclic amines) is 1. The molecule has 138 valence electrons. The Morgan fingerprint density at radius 2 is 1.81 bits per heavy atom. The van der Waals surface area contributed by atoms with E-state index in [0.29, 0.717) is 12.2 Å². The number of carboxylic acids is 2. The average Bonchev–Trinajstić information content (AvgIpc) is 2.58. The number of hydrogen-bond donors (Lipinski definition) is 2. The minimum Gasteiger partial charge on any atom is -0.497 e. The molecule has 1 fully saturated rings. The Bertz CT molecular complexity index is 780. The summed E-state index contributed by atoms with van der Waals surface area (Å²) in [4.78, 5) is 21.6. The first-order valence-corrected chi connectivity index (χ1v) is 8.41. The Labute approximate surface area is 152 Å². The van der Waals surface area contributed by atoms with Crippen LogP contribution in [-0.2, 0) is 16.0 Å². The van der Waals surface area contributed by atoms with Gasteiger partial charge in [0.25, 0.3) is 0 Å². The Morgan fingerprint density at radius 3 is 2.35 bits per heavy atom. The number of carbonyl (C=O) groups is 2. The Hall–Kier alpha value is -2.86. The van der Waals surface area contributed by atoms with Crippen LogP contribution in [-0.4, -0.2) is 53.8 Å². The fraction of sp³-hybridized carbons (Fsp3) is 0.300. The quantitative estimate of drug-likeness (QED) is 0.773. The molecule has 2 aromatic rings. The van der Waals surface area contributed by atoms with Crippen molar-refractivity contribution in [1.29, 1.82) is 0 Å². The zero-order valence-electron chi connectivity index (χ0n) is 14.7. The van der Waals surface area contributed by atoms with Gasteiger partial charge in [-0.15, -0.1) is 0 Å². The van der Waals surface area contributed by atoms with E-state index in [9.17, 15) is 9.59 Å².